The third-order valence-corrected chi connectivity index (χ3v) is 2.72. The maximum atomic E-state index is 12.7. The van der Waals surface area contributed by atoms with E-state index in [-0.39, 0.29) is 18.8 Å². The van der Waals surface area contributed by atoms with E-state index in [2.05, 4.69) is 5.32 Å². The van der Waals surface area contributed by atoms with Crippen molar-refractivity contribution in [3.8, 4) is 0 Å². The topological polar surface area (TPSA) is 75.4 Å². The summed E-state index contributed by atoms with van der Waals surface area (Å²) >= 11 is 5.47. The minimum Gasteiger partial charge on any atom is -0.369 e. The van der Waals surface area contributed by atoms with Crippen molar-refractivity contribution >= 4 is 29.1 Å². The summed E-state index contributed by atoms with van der Waals surface area (Å²) < 4.78 is 38.0. The number of amides is 2. The quantitative estimate of drug-likeness (QED) is 0.866. The Hall–Kier alpha value is -1.80. The Labute approximate surface area is 123 Å². The van der Waals surface area contributed by atoms with Gasteiger partial charge >= 0.3 is 6.18 Å². The number of hydrogen-bond donors (Lipinski definition) is 2. The Morgan fingerprint density at radius 3 is 2.48 bits per heavy atom. The minimum absolute atomic E-state index is 0.0378. The van der Waals surface area contributed by atoms with Gasteiger partial charge in [0, 0.05) is 5.69 Å². The van der Waals surface area contributed by atoms with Crippen molar-refractivity contribution in [2.24, 2.45) is 5.73 Å². The van der Waals surface area contributed by atoms with E-state index in [1.165, 1.54) is 18.0 Å². The van der Waals surface area contributed by atoms with Crippen LogP contribution in [0, 0.1) is 0 Å². The van der Waals surface area contributed by atoms with E-state index in [1.807, 2.05) is 0 Å². The lowest BCUT2D eigenvalue weighted by Crippen LogP contribution is -2.36. The molecular formula is C12H13ClF3N3O2. The molecule has 0 aliphatic carbocycles. The van der Waals surface area contributed by atoms with Crippen molar-refractivity contribution in [2.75, 3.05) is 25.5 Å². The zero-order valence-electron chi connectivity index (χ0n) is 11.0. The molecule has 21 heavy (non-hydrogen) atoms. The van der Waals surface area contributed by atoms with Crippen LogP contribution in [0.4, 0.5) is 18.9 Å². The molecule has 0 aromatic heterocycles. The van der Waals surface area contributed by atoms with Crippen LogP contribution >= 0.6 is 11.6 Å². The fraction of sp³-hybridized carbons (Fsp3) is 0.333. The van der Waals surface area contributed by atoms with Crippen LogP contribution in [0.1, 0.15) is 5.56 Å². The zero-order valence-corrected chi connectivity index (χ0v) is 11.8. The summed E-state index contributed by atoms with van der Waals surface area (Å²) in [6.45, 7) is -0.325. The summed E-state index contributed by atoms with van der Waals surface area (Å²) in [4.78, 5) is 23.6. The number of halogens is 4. The molecule has 3 N–H and O–H groups in total. The van der Waals surface area contributed by atoms with Gasteiger partial charge in [-0.1, -0.05) is 11.6 Å². The Bertz CT molecular complexity index is 549. The molecule has 0 saturated heterocycles. The van der Waals surface area contributed by atoms with Crippen LogP contribution in [0.25, 0.3) is 0 Å². The number of nitrogens with one attached hydrogen (secondary N) is 1. The number of carbonyl (C=O) groups excluding carboxylic acids is 2. The van der Waals surface area contributed by atoms with Gasteiger partial charge in [-0.2, -0.15) is 13.2 Å². The summed E-state index contributed by atoms with van der Waals surface area (Å²) in [7, 11) is 1.48. The average Bonchev–Trinajstić information content (AvgIpc) is 2.28. The molecule has 0 aliphatic rings. The minimum atomic E-state index is -4.61. The van der Waals surface area contributed by atoms with Crippen molar-refractivity contribution in [3.63, 3.8) is 0 Å². The van der Waals surface area contributed by atoms with Gasteiger partial charge in [-0.15, -0.1) is 0 Å². The van der Waals surface area contributed by atoms with Gasteiger partial charge in [-0.3, -0.25) is 14.5 Å². The number of likely N-dealkylation sites (N-methyl/N-ethyl adjacent to an activating group) is 1. The second-order valence-corrected chi connectivity index (χ2v) is 4.79. The van der Waals surface area contributed by atoms with Gasteiger partial charge in [0.2, 0.25) is 11.8 Å². The van der Waals surface area contributed by atoms with E-state index < -0.39 is 28.6 Å². The molecule has 2 amide bonds. The maximum Gasteiger partial charge on any atom is 0.417 e. The molecule has 0 aliphatic heterocycles. The lowest BCUT2D eigenvalue weighted by molar-refractivity contribution is -0.137. The number of anilines is 1. The fourth-order valence-electron chi connectivity index (χ4n) is 1.59. The normalized spacial score (nSPS) is 11.5. The van der Waals surface area contributed by atoms with E-state index in [1.54, 1.807) is 0 Å². The Balaban J connectivity index is 2.75. The van der Waals surface area contributed by atoms with Gasteiger partial charge in [0.1, 0.15) is 0 Å². The van der Waals surface area contributed by atoms with Crippen LogP contribution in [-0.2, 0) is 15.8 Å². The first-order chi connectivity index (χ1) is 9.59. The van der Waals surface area contributed by atoms with E-state index >= 15 is 0 Å². The highest BCUT2D eigenvalue weighted by atomic mass is 35.5. The van der Waals surface area contributed by atoms with Gasteiger partial charge in [0.05, 0.1) is 23.7 Å². The number of primary amides is 1. The Morgan fingerprint density at radius 1 is 1.33 bits per heavy atom. The maximum absolute atomic E-state index is 12.7. The molecule has 1 rings (SSSR count). The number of benzene rings is 1. The first-order valence-corrected chi connectivity index (χ1v) is 6.11. The molecule has 0 saturated carbocycles. The van der Waals surface area contributed by atoms with E-state index in [9.17, 15) is 22.8 Å². The molecule has 0 unspecified atom stereocenters. The standard InChI is InChI=1S/C12H13ClF3N3O2/c1-19(5-10(17)20)6-11(21)18-7-2-3-9(13)8(4-7)12(14,15)16/h2-4H,5-6H2,1H3,(H2,17,20)(H,18,21). The smallest absolute Gasteiger partial charge is 0.369 e. The largest absolute Gasteiger partial charge is 0.417 e. The van der Waals surface area contributed by atoms with Crippen molar-refractivity contribution in [1.82, 2.24) is 4.90 Å². The van der Waals surface area contributed by atoms with Gasteiger partial charge in [0.15, 0.2) is 0 Å². The van der Waals surface area contributed by atoms with Crippen molar-refractivity contribution in [1.29, 1.82) is 0 Å². The van der Waals surface area contributed by atoms with E-state index in [0.29, 0.717) is 0 Å². The molecule has 1 aromatic carbocycles. The van der Waals surface area contributed by atoms with Crippen LogP contribution in [0.3, 0.4) is 0 Å². The third kappa shape index (κ3) is 5.60. The average molecular weight is 324 g/mol. The van der Waals surface area contributed by atoms with Crippen LogP contribution in [0.15, 0.2) is 18.2 Å². The SMILES string of the molecule is CN(CC(N)=O)CC(=O)Nc1ccc(Cl)c(C(F)(F)F)c1. The van der Waals surface area contributed by atoms with Gasteiger partial charge in [-0.05, 0) is 25.2 Å². The molecule has 0 atom stereocenters. The molecular weight excluding hydrogens is 311 g/mol. The van der Waals surface area contributed by atoms with Gasteiger partial charge < -0.3 is 11.1 Å². The lowest BCUT2D eigenvalue weighted by atomic mass is 10.2. The van der Waals surface area contributed by atoms with Crippen molar-refractivity contribution in [3.05, 3.63) is 28.8 Å². The molecule has 0 fully saturated rings. The lowest BCUT2D eigenvalue weighted by Gasteiger charge is -2.15. The number of nitrogens with two attached hydrogens (primary N) is 1. The predicted molar refractivity (Wildman–Crippen MR) is 71.8 cm³/mol. The van der Waals surface area contributed by atoms with Crippen LogP contribution in [-0.4, -0.2) is 36.9 Å². The van der Waals surface area contributed by atoms with Crippen LogP contribution < -0.4 is 11.1 Å². The molecule has 0 radical (unpaired) electrons. The number of carbonyl (C=O) groups is 2. The highest BCUT2D eigenvalue weighted by molar-refractivity contribution is 6.31. The summed E-state index contributed by atoms with van der Waals surface area (Å²) in [5, 5.41) is 1.84. The summed E-state index contributed by atoms with van der Waals surface area (Å²) in [5.74, 6) is -1.19. The number of alkyl halides is 3. The first kappa shape index (κ1) is 17.3. The molecule has 1 aromatic rings. The van der Waals surface area contributed by atoms with Gasteiger partial charge in [0.25, 0.3) is 0 Å². The highest BCUT2D eigenvalue weighted by Gasteiger charge is 2.33. The molecule has 9 heteroatoms. The van der Waals surface area contributed by atoms with Gasteiger partial charge in [-0.25, -0.2) is 0 Å². The monoisotopic (exact) mass is 323 g/mol. The Morgan fingerprint density at radius 2 is 1.95 bits per heavy atom. The van der Waals surface area contributed by atoms with Crippen LogP contribution in [0.2, 0.25) is 5.02 Å². The zero-order chi connectivity index (χ0) is 16.2. The first-order valence-electron chi connectivity index (χ1n) is 5.73. The molecule has 5 nitrogen and oxygen atoms in total. The van der Waals surface area contributed by atoms with Crippen molar-refractivity contribution in [2.45, 2.75) is 6.18 Å². The highest BCUT2D eigenvalue weighted by Crippen LogP contribution is 2.36. The third-order valence-electron chi connectivity index (χ3n) is 2.39. The molecule has 0 bridgehead atoms. The number of rotatable bonds is 5. The number of hydrogen-bond acceptors (Lipinski definition) is 3. The summed E-state index contributed by atoms with van der Waals surface area (Å²) in [6.07, 6.45) is -4.61. The van der Waals surface area contributed by atoms with E-state index in [4.69, 9.17) is 17.3 Å². The molecule has 116 valence electrons. The molecule has 0 heterocycles. The summed E-state index contributed by atoms with van der Waals surface area (Å²) in [6, 6.07) is 3.05. The second kappa shape index (κ2) is 6.77. The Kier molecular flexibility index (Phi) is 5.56. The number of nitrogens with zero attached hydrogens (tertiary/aromatic N) is 1. The molecule has 0 spiro atoms. The van der Waals surface area contributed by atoms with Crippen LogP contribution in [0.5, 0.6) is 0 Å². The summed E-state index contributed by atoms with van der Waals surface area (Å²) in [5.41, 5.74) is 3.88. The van der Waals surface area contributed by atoms with Crippen molar-refractivity contribution < 1.29 is 22.8 Å². The fourth-order valence-corrected chi connectivity index (χ4v) is 1.81. The predicted octanol–water partition coefficient (Wildman–Crippen LogP) is 1.71. The van der Waals surface area contributed by atoms with E-state index in [0.717, 1.165) is 12.1 Å². The second-order valence-electron chi connectivity index (χ2n) is 4.38.